The highest BCUT2D eigenvalue weighted by molar-refractivity contribution is 5.37. The molecule has 6 heteroatoms. The number of nitrogens with zero attached hydrogens (tertiary/aromatic N) is 5. The molecule has 0 bridgehead atoms. The van der Waals surface area contributed by atoms with E-state index in [9.17, 15) is 0 Å². The molecule has 2 aromatic rings. The van der Waals surface area contributed by atoms with Crippen LogP contribution in [0.25, 0.3) is 0 Å². The van der Waals surface area contributed by atoms with Crippen molar-refractivity contribution < 1.29 is 0 Å². The number of aromatic nitrogens is 4. The molecule has 1 N–H and O–H groups in total. The molecule has 2 aliphatic heterocycles. The lowest BCUT2D eigenvalue weighted by molar-refractivity contribution is 0.154. The minimum atomic E-state index is 0.270. The molecular weight excluding hydrogens is 276 g/mol. The number of hydrogen-bond donors (Lipinski definition) is 1. The zero-order chi connectivity index (χ0) is 14.8. The van der Waals surface area contributed by atoms with Gasteiger partial charge in [0.1, 0.15) is 0 Å². The Labute approximate surface area is 130 Å². The van der Waals surface area contributed by atoms with Gasteiger partial charge in [-0.2, -0.15) is 0 Å². The SMILES string of the molecule is c1cnc(N2CCCC23CCN(Cc2cnc[nH]2)CC3)nc1. The number of H-pyrrole nitrogens is 1. The normalized spacial score (nSPS) is 21.5. The average Bonchev–Trinajstić information content (AvgIpc) is 3.21. The van der Waals surface area contributed by atoms with E-state index in [0.29, 0.717) is 0 Å². The Kier molecular flexibility index (Phi) is 3.54. The zero-order valence-electron chi connectivity index (χ0n) is 12.8. The lowest BCUT2D eigenvalue weighted by Crippen LogP contribution is -2.52. The van der Waals surface area contributed by atoms with Crippen LogP contribution < -0.4 is 4.90 Å². The summed E-state index contributed by atoms with van der Waals surface area (Å²) in [4.78, 5) is 21.2. The van der Waals surface area contributed by atoms with Crippen LogP contribution in [0, 0.1) is 0 Å². The Morgan fingerprint density at radius 3 is 2.64 bits per heavy atom. The van der Waals surface area contributed by atoms with Crippen molar-refractivity contribution in [2.75, 3.05) is 24.5 Å². The van der Waals surface area contributed by atoms with Crippen LogP contribution in [0.3, 0.4) is 0 Å². The van der Waals surface area contributed by atoms with Gasteiger partial charge < -0.3 is 9.88 Å². The zero-order valence-corrected chi connectivity index (χ0v) is 12.8. The van der Waals surface area contributed by atoms with Crippen LogP contribution in [0.2, 0.25) is 0 Å². The van der Waals surface area contributed by atoms with Gasteiger partial charge in [-0.3, -0.25) is 4.90 Å². The van der Waals surface area contributed by atoms with E-state index in [1.807, 2.05) is 24.7 Å². The van der Waals surface area contributed by atoms with Crippen molar-refractivity contribution in [3.8, 4) is 0 Å². The molecule has 4 heterocycles. The van der Waals surface area contributed by atoms with Gasteiger partial charge in [0, 0.05) is 56.0 Å². The highest BCUT2D eigenvalue weighted by Gasteiger charge is 2.44. The van der Waals surface area contributed by atoms with Crippen LogP contribution in [0.15, 0.2) is 31.0 Å². The number of piperidine rings is 1. The van der Waals surface area contributed by atoms with Crippen LogP contribution in [-0.2, 0) is 6.54 Å². The smallest absolute Gasteiger partial charge is 0.225 e. The van der Waals surface area contributed by atoms with Gasteiger partial charge in [-0.05, 0) is 31.7 Å². The van der Waals surface area contributed by atoms with Gasteiger partial charge in [0.25, 0.3) is 0 Å². The quantitative estimate of drug-likeness (QED) is 0.937. The minimum Gasteiger partial charge on any atom is -0.347 e. The second-order valence-corrected chi connectivity index (χ2v) is 6.38. The van der Waals surface area contributed by atoms with Gasteiger partial charge in [0.15, 0.2) is 0 Å². The summed E-state index contributed by atoms with van der Waals surface area (Å²) < 4.78 is 0. The second kappa shape index (κ2) is 5.68. The molecule has 2 aromatic heterocycles. The number of likely N-dealkylation sites (tertiary alicyclic amines) is 1. The molecule has 0 atom stereocenters. The molecule has 0 amide bonds. The van der Waals surface area contributed by atoms with Crippen LogP contribution in [0.4, 0.5) is 5.95 Å². The van der Waals surface area contributed by atoms with Gasteiger partial charge in [0.05, 0.1) is 6.33 Å². The summed E-state index contributed by atoms with van der Waals surface area (Å²) in [5.41, 5.74) is 1.47. The summed E-state index contributed by atoms with van der Waals surface area (Å²) >= 11 is 0. The molecule has 0 aliphatic carbocycles. The molecule has 0 unspecified atom stereocenters. The van der Waals surface area contributed by atoms with Gasteiger partial charge in [-0.1, -0.05) is 0 Å². The van der Waals surface area contributed by atoms with Gasteiger partial charge in [-0.15, -0.1) is 0 Å². The lowest BCUT2D eigenvalue weighted by atomic mass is 9.85. The van der Waals surface area contributed by atoms with Gasteiger partial charge in [0.2, 0.25) is 5.95 Å². The standard InChI is InChI=1S/C16H22N6/c1-3-16(22(8-1)15-18-6-2-7-19-15)4-9-21(10-5-16)12-14-11-17-13-20-14/h2,6-7,11,13H,1,3-5,8-10,12H2,(H,17,20). The maximum atomic E-state index is 4.48. The first kappa shape index (κ1) is 13.7. The lowest BCUT2D eigenvalue weighted by Gasteiger charge is -2.45. The summed E-state index contributed by atoms with van der Waals surface area (Å²) in [5, 5.41) is 0. The highest BCUT2D eigenvalue weighted by Crippen LogP contribution is 2.40. The number of aromatic amines is 1. The summed E-state index contributed by atoms with van der Waals surface area (Å²) in [5.74, 6) is 0.905. The largest absolute Gasteiger partial charge is 0.347 e. The number of anilines is 1. The van der Waals surface area contributed by atoms with Crippen molar-refractivity contribution >= 4 is 5.95 Å². The molecule has 1 spiro atoms. The Bertz CT molecular complexity index is 588. The molecular formula is C16H22N6. The number of nitrogens with one attached hydrogen (secondary N) is 1. The third-order valence-electron chi connectivity index (χ3n) is 5.13. The maximum absolute atomic E-state index is 4.48. The molecule has 0 aromatic carbocycles. The summed E-state index contributed by atoms with van der Waals surface area (Å²) in [7, 11) is 0. The summed E-state index contributed by atoms with van der Waals surface area (Å²) in [6, 6.07) is 1.89. The Hall–Kier alpha value is -1.95. The predicted molar refractivity (Wildman–Crippen MR) is 84.4 cm³/mol. The van der Waals surface area contributed by atoms with Crippen LogP contribution in [-0.4, -0.2) is 50.0 Å². The first-order valence-corrected chi connectivity index (χ1v) is 8.10. The number of hydrogen-bond acceptors (Lipinski definition) is 5. The van der Waals surface area contributed by atoms with Crippen LogP contribution >= 0.6 is 0 Å². The van der Waals surface area contributed by atoms with E-state index in [2.05, 4.69) is 29.7 Å². The monoisotopic (exact) mass is 298 g/mol. The first-order valence-electron chi connectivity index (χ1n) is 8.10. The molecule has 116 valence electrons. The van der Waals surface area contributed by atoms with Crippen LogP contribution in [0.5, 0.6) is 0 Å². The fraction of sp³-hybridized carbons (Fsp3) is 0.562. The Morgan fingerprint density at radius 2 is 1.91 bits per heavy atom. The van der Waals surface area contributed by atoms with Crippen molar-refractivity contribution in [1.82, 2.24) is 24.8 Å². The van der Waals surface area contributed by atoms with Gasteiger partial charge in [-0.25, -0.2) is 15.0 Å². The first-order chi connectivity index (χ1) is 10.9. The van der Waals surface area contributed by atoms with Crippen molar-refractivity contribution in [3.63, 3.8) is 0 Å². The molecule has 6 nitrogen and oxygen atoms in total. The Morgan fingerprint density at radius 1 is 1.09 bits per heavy atom. The van der Waals surface area contributed by atoms with Crippen LogP contribution in [0.1, 0.15) is 31.4 Å². The molecule has 0 radical (unpaired) electrons. The third kappa shape index (κ3) is 2.47. The summed E-state index contributed by atoms with van der Waals surface area (Å²) in [6.07, 6.45) is 12.3. The molecule has 4 rings (SSSR count). The Balaban J connectivity index is 1.45. The molecule has 2 saturated heterocycles. The number of imidazole rings is 1. The van der Waals surface area contributed by atoms with E-state index in [4.69, 9.17) is 0 Å². The molecule has 2 fully saturated rings. The van der Waals surface area contributed by atoms with Crippen molar-refractivity contribution in [1.29, 1.82) is 0 Å². The van der Waals surface area contributed by atoms with E-state index in [1.54, 1.807) is 6.33 Å². The molecule has 0 saturated carbocycles. The minimum absolute atomic E-state index is 0.270. The van der Waals surface area contributed by atoms with Crippen molar-refractivity contribution in [2.24, 2.45) is 0 Å². The van der Waals surface area contributed by atoms with E-state index in [1.165, 1.54) is 31.4 Å². The summed E-state index contributed by atoms with van der Waals surface area (Å²) in [6.45, 7) is 4.31. The van der Waals surface area contributed by atoms with Crippen molar-refractivity contribution in [3.05, 3.63) is 36.7 Å². The van der Waals surface area contributed by atoms with Gasteiger partial charge >= 0.3 is 0 Å². The predicted octanol–water partition coefficient (Wildman–Crippen LogP) is 1.83. The molecule has 2 aliphatic rings. The molecule has 22 heavy (non-hydrogen) atoms. The van der Waals surface area contributed by atoms with E-state index in [-0.39, 0.29) is 5.54 Å². The number of rotatable bonds is 3. The van der Waals surface area contributed by atoms with Crippen molar-refractivity contribution in [2.45, 2.75) is 37.8 Å². The topological polar surface area (TPSA) is 60.9 Å². The average molecular weight is 298 g/mol. The maximum Gasteiger partial charge on any atom is 0.225 e. The highest BCUT2D eigenvalue weighted by atomic mass is 15.3. The van der Waals surface area contributed by atoms with E-state index >= 15 is 0 Å². The third-order valence-corrected chi connectivity index (χ3v) is 5.13. The van der Waals surface area contributed by atoms with E-state index < -0.39 is 0 Å². The second-order valence-electron chi connectivity index (χ2n) is 6.38. The van der Waals surface area contributed by atoms with E-state index in [0.717, 1.165) is 32.1 Å². The fourth-order valence-corrected chi connectivity index (χ4v) is 3.94. The fourth-order valence-electron chi connectivity index (χ4n) is 3.94.